The van der Waals surface area contributed by atoms with E-state index in [9.17, 15) is 9.18 Å². The monoisotopic (exact) mass is 286 g/mol. The van der Waals surface area contributed by atoms with Crippen LogP contribution in [0.1, 0.15) is 28.8 Å². The number of carbonyl (C=O) groups excluding carboxylic acids is 1. The van der Waals surface area contributed by atoms with E-state index in [1.807, 2.05) is 0 Å². The van der Waals surface area contributed by atoms with E-state index < -0.39 is 0 Å². The number of hydrogen-bond donors (Lipinski definition) is 1. The molecular weight excluding hydrogens is 267 g/mol. The van der Waals surface area contributed by atoms with Gasteiger partial charge < -0.3 is 10.2 Å². The average molecular weight is 287 g/mol. The average Bonchev–Trinajstić information content (AvgIpc) is 2.41. The lowest BCUT2D eigenvalue weighted by atomic mass is 10.0. The van der Waals surface area contributed by atoms with Crippen LogP contribution >= 0.6 is 12.4 Å². The highest BCUT2D eigenvalue weighted by Crippen LogP contribution is 2.15. The van der Waals surface area contributed by atoms with E-state index in [1.165, 1.54) is 6.07 Å². The molecule has 0 aromatic heterocycles. The van der Waals surface area contributed by atoms with Gasteiger partial charge in [0.2, 0.25) is 0 Å². The molecule has 2 rings (SSSR count). The Bertz CT molecular complexity index is 447. The Kier molecular flexibility index (Phi) is 5.76. The Morgan fingerprint density at radius 2 is 2.00 bits per heavy atom. The van der Waals surface area contributed by atoms with Gasteiger partial charge in [0.1, 0.15) is 5.82 Å². The van der Waals surface area contributed by atoms with Crippen molar-refractivity contribution in [1.82, 2.24) is 10.2 Å². The summed E-state index contributed by atoms with van der Waals surface area (Å²) in [6.07, 6.45) is 1.91. The molecule has 5 heteroatoms. The molecule has 1 aliphatic heterocycles. The summed E-state index contributed by atoms with van der Waals surface area (Å²) < 4.78 is 13.5. The predicted octanol–water partition coefficient (Wildman–Crippen LogP) is 2.38. The van der Waals surface area contributed by atoms with Crippen LogP contribution in [-0.2, 0) is 0 Å². The first-order chi connectivity index (χ1) is 8.59. The molecule has 1 heterocycles. The van der Waals surface area contributed by atoms with Crippen molar-refractivity contribution in [2.75, 3.05) is 20.1 Å². The second kappa shape index (κ2) is 6.87. The summed E-state index contributed by atoms with van der Waals surface area (Å²) in [5.41, 5.74) is 0.996. The van der Waals surface area contributed by atoms with Gasteiger partial charge in [0.25, 0.3) is 5.91 Å². The molecule has 1 aromatic rings. The van der Waals surface area contributed by atoms with Gasteiger partial charge in [-0.15, -0.1) is 12.4 Å². The van der Waals surface area contributed by atoms with Crippen molar-refractivity contribution in [3.05, 3.63) is 35.1 Å². The molecule has 0 bridgehead atoms. The van der Waals surface area contributed by atoms with E-state index >= 15 is 0 Å². The Balaban J connectivity index is 0.00000180. The number of benzene rings is 1. The van der Waals surface area contributed by atoms with E-state index in [1.54, 1.807) is 31.0 Å². The molecule has 106 valence electrons. The van der Waals surface area contributed by atoms with Gasteiger partial charge in [0.05, 0.1) is 0 Å². The van der Waals surface area contributed by atoms with Crippen LogP contribution in [0, 0.1) is 12.7 Å². The van der Waals surface area contributed by atoms with Crippen LogP contribution in [-0.4, -0.2) is 37.0 Å². The van der Waals surface area contributed by atoms with Gasteiger partial charge in [-0.1, -0.05) is 6.07 Å². The van der Waals surface area contributed by atoms with Crippen molar-refractivity contribution >= 4 is 18.3 Å². The highest BCUT2D eigenvalue weighted by molar-refractivity contribution is 5.94. The molecule has 0 radical (unpaired) electrons. The van der Waals surface area contributed by atoms with Crippen molar-refractivity contribution in [2.45, 2.75) is 25.8 Å². The lowest BCUT2D eigenvalue weighted by Crippen LogP contribution is -2.44. The number of halogens is 2. The fourth-order valence-corrected chi connectivity index (χ4v) is 2.29. The number of nitrogens with zero attached hydrogens (tertiary/aromatic N) is 1. The summed E-state index contributed by atoms with van der Waals surface area (Å²) in [4.78, 5) is 14.0. The molecule has 0 saturated carbocycles. The van der Waals surface area contributed by atoms with Gasteiger partial charge in [0, 0.05) is 18.7 Å². The van der Waals surface area contributed by atoms with Crippen LogP contribution in [0.2, 0.25) is 0 Å². The predicted molar refractivity (Wildman–Crippen MR) is 76.4 cm³/mol. The van der Waals surface area contributed by atoms with Gasteiger partial charge >= 0.3 is 0 Å². The van der Waals surface area contributed by atoms with Crippen LogP contribution in [0.3, 0.4) is 0 Å². The minimum Gasteiger partial charge on any atom is -0.339 e. The third-order valence-electron chi connectivity index (χ3n) is 3.60. The Morgan fingerprint density at radius 3 is 2.58 bits per heavy atom. The summed E-state index contributed by atoms with van der Waals surface area (Å²) in [6.45, 7) is 3.56. The third-order valence-corrected chi connectivity index (χ3v) is 3.60. The molecule has 1 aliphatic rings. The maximum Gasteiger partial charge on any atom is 0.253 e. The number of nitrogens with one attached hydrogen (secondary N) is 1. The quantitative estimate of drug-likeness (QED) is 0.905. The SMILES string of the molecule is Cc1ccc(C(=O)N(C)C2CCNCC2)cc1F.Cl. The Hall–Kier alpha value is -1.13. The van der Waals surface area contributed by atoms with Crippen LogP contribution in [0.25, 0.3) is 0 Å². The molecule has 1 amide bonds. The van der Waals surface area contributed by atoms with E-state index in [0.29, 0.717) is 11.1 Å². The number of amides is 1. The van der Waals surface area contributed by atoms with Crippen LogP contribution in [0.5, 0.6) is 0 Å². The first-order valence-electron chi connectivity index (χ1n) is 6.33. The number of hydrogen-bond acceptors (Lipinski definition) is 2. The molecule has 0 aliphatic carbocycles. The van der Waals surface area contributed by atoms with Crippen molar-refractivity contribution in [2.24, 2.45) is 0 Å². The fraction of sp³-hybridized carbons (Fsp3) is 0.500. The zero-order chi connectivity index (χ0) is 13.1. The van der Waals surface area contributed by atoms with E-state index in [-0.39, 0.29) is 30.2 Å². The molecular formula is C14H20ClFN2O. The van der Waals surface area contributed by atoms with E-state index in [0.717, 1.165) is 25.9 Å². The Labute approximate surface area is 119 Å². The molecule has 0 spiro atoms. The lowest BCUT2D eigenvalue weighted by molar-refractivity contribution is 0.0702. The fourth-order valence-electron chi connectivity index (χ4n) is 2.29. The molecule has 1 N–H and O–H groups in total. The smallest absolute Gasteiger partial charge is 0.253 e. The van der Waals surface area contributed by atoms with Gasteiger partial charge in [-0.2, -0.15) is 0 Å². The maximum absolute atomic E-state index is 13.5. The van der Waals surface area contributed by atoms with Gasteiger partial charge in [-0.05, 0) is 50.6 Å². The van der Waals surface area contributed by atoms with Crippen molar-refractivity contribution in [3.63, 3.8) is 0 Å². The maximum atomic E-state index is 13.5. The van der Waals surface area contributed by atoms with Crippen molar-refractivity contribution in [1.29, 1.82) is 0 Å². The molecule has 3 nitrogen and oxygen atoms in total. The second-order valence-electron chi connectivity index (χ2n) is 4.86. The zero-order valence-corrected chi connectivity index (χ0v) is 12.1. The minimum atomic E-state index is -0.320. The summed E-state index contributed by atoms with van der Waals surface area (Å²) >= 11 is 0. The Morgan fingerprint density at radius 1 is 1.37 bits per heavy atom. The summed E-state index contributed by atoms with van der Waals surface area (Å²) in [5, 5.41) is 3.27. The normalized spacial score (nSPS) is 15.7. The minimum absolute atomic E-state index is 0. The first-order valence-corrected chi connectivity index (χ1v) is 6.33. The first kappa shape index (κ1) is 15.9. The highest BCUT2D eigenvalue weighted by atomic mass is 35.5. The second-order valence-corrected chi connectivity index (χ2v) is 4.86. The summed E-state index contributed by atoms with van der Waals surface area (Å²) in [5.74, 6) is -0.416. The molecule has 19 heavy (non-hydrogen) atoms. The number of aryl methyl sites for hydroxylation is 1. The van der Waals surface area contributed by atoms with Crippen molar-refractivity contribution < 1.29 is 9.18 Å². The lowest BCUT2D eigenvalue weighted by Gasteiger charge is -2.31. The van der Waals surface area contributed by atoms with E-state index in [4.69, 9.17) is 0 Å². The molecule has 0 unspecified atom stereocenters. The summed E-state index contributed by atoms with van der Waals surface area (Å²) in [6, 6.07) is 4.93. The molecule has 0 atom stereocenters. The summed E-state index contributed by atoms with van der Waals surface area (Å²) in [7, 11) is 1.80. The van der Waals surface area contributed by atoms with Gasteiger partial charge in [-0.25, -0.2) is 4.39 Å². The topological polar surface area (TPSA) is 32.3 Å². The zero-order valence-electron chi connectivity index (χ0n) is 11.3. The van der Waals surface area contributed by atoms with Crippen LogP contribution in [0.4, 0.5) is 4.39 Å². The number of rotatable bonds is 2. The standard InChI is InChI=1S/C14H19FN2O.ClH/c1-10-3-4-11(9-13(10)15)14(18)17(2)12-5-7-16-8-6-12;/h3-4,9,12,16H,5-8H2,1-2H3;1H. The van der Waals surface area contributed by atoms with Gasteiger partial charge in [0.15, 0.2) is 0 Å². The number of carbonyl (C=O) groups is 1. The van der Waals surface area contributed by atoms with Gasteiger partial charge in [-0.3, -0.25) is 4.79 Å². The van der Waals surface area contributed by atoms with Crippen molar-refractivity contribution in [3.8, 4) is 0 Å². The van der Waals surface area contributed by atoms with Crippen LogP contribution < -0.4 is 5.32 Å². The number of piperidine rings is 1. The van der Waals surface area contributed by atoms with Crippen LogP contribution in [0.15, 0.2) is 18.2 Å². The highest BCUT2D eigenvalue weighted by Gasteiger charge is 2.23. The molecule has 1 saturated heterocycles. The van der Waals surface area contributed by atoms with E-state index in [2.05, 4.69) is 5.32 Å². The molecule has 1 aromatic carbocycles. The molecule has 1 fully saturated rings. The largest absolute Gasteiger partial charge is 0.339 e. The third kappa shape index (κ3) is 3.67.